The molecule has 1 saturated carbocycles. The van der Waals surface area contributed by atoms with Crippen LogP contribution in [-0.4, -0.2) is 29.3 Å². The van der Waals surface area contributed by atoms with Gasteiger partial charge in [0.25, 0.3) is 15.9 Å². The molecule has 5 rings (SSSR count). The predicted octanol–water partition coefficient (Wildman–Crippen LogP) is 2.22. The van der Waals surface area contributed by atoms with Crippen LogP contribution in [0.25, 0.3) is 11.0 Å². The number of carbonyl (C=O) groups excluding carboxylic acids is 1. The molecule has 1 aromatic heterocycles. The van der Waals surface area contributed by atoms with Gasteiger partial charge in [-0.15, -0.1) is 0 Å². The minimum Gasteiger partial charge on any atom is -0.458 e. The van der Waals surface area contributed by atoms with E-state index in [-0.39, 0.29) is 5.56 Å². The summed E-state index contributed by atoms with van der Waals surface area (Å²) in [5.74, 6) is 0.235. The fourth-order valence-corrected chi connectivity index (χ4v) is 6.89. The van der Waals surface area contributed by atoms with Gasteiger partial charge in [-0.3, -0.25) is 4.79 Å². The summed E-state index contributed by atoms with van der Waals surface area (Å²) in [5, 5.41) is 5.76. The number of sulfonamides is 2. The number of benzene rings is 2. The third-order valence-electron chi connectivity index (χ3n) is 6.17. The highest BCUT2D eigenvalue weighted by Gasteiger charge is 2.55. The monoisotopic (exact) mass is 476 g/mol. The van der Waals surface area contributed by atoms with Crippen LogP contribution in [0.3, 0.4) is 0 Å². The van der Waals surface area contributed by atoms with Crippen LogP contribution in [0.1, 0.15) is 35.4 Å². The highest BCUT2D eigenvalue weighted by molar-refractivity contribution is 7.92. The number of amides is 1. The first-order valence-electron chi connectivity index (χ1n) is 9.97. The van der Waals surface area contributed by atoms with Crippen molar-refractivity contribution in [1.82, 2.24) is 4.72 Å². The molecule has 1 aliphatic carbocycles. The minimum absolute atomic E-state index is 0.0801. The van der Waals surface area contributed by atoms with E-state index in [1.54, 1.807) is 6.07 Å². The van der Waals surface area contributed by atoms with E-state index >= 15 is 0 Å². The van der Waals surface area contributed by atoms with Gasteiger partial charge in [0.1, 0.15) is 26.7 Å². The Labute approximate surface area is 184 Å². The Morgan fingerprint density at radius 2 is 1.81 bits per heavy atom. The summed E-state index contributed by atoms with van der Waals surface area (Å²) in [6, 6.07) is 11.2. The number of ether oxygens (including phenoxy) is 1. The lowest BCUT2D eigenvalue weighted by molar-refractivity contribution is -0.203. The Bertz CT molecular complexity index is 1460. The van der Waals surface area contributed by atoms with Crippen LogP contribution in [0, 0.1) is 5.92 Å². The van der Waals surface area contributed by atoms with E-state index in [1.807, 2.05) is 10.8 Å². The topological polar surface area (TPSA) is 146 Å². The zero-order valence-corrected chi connectivity index (χ0v) is 18.4. The van der Waals surface area contributed by atoms with Crippen LogP contribution in [0.15, 0.2) is 62.7 Å². The van der Waals surface area contributed by atoms with Gasteiger partial charge in [-0.2, -0.15) is 0 Å². The minimum atomic E-state index is -4.49. The molecule has 2 atom stereocenters. The largest absolute Gasteiger partial charge is 0.458 e. The molecule has 2 aromatic carbocycles. The quantitative estimate of drug-likeness (QED) is 0.574. The van der Waals surface area contributed by atoms with Gasteiger partial charge in [0, 0.05) is 16.9 Å². The van der Waals surface area contributed by atoms with Gasteiger partial charge in [-0.25, -0.2) is 26.7 Å². The molecule has 32 heavy (non-hydrogen) atoms. The smallest absolute Gasteiger partial charge is 0.265 e. The maximum absolute atomic E-state index is 12.7. The van der Waals surface area contributed by atoms with Crippen molar-refractivity contribution in [3.63, 3.8) is 0 Å². The van der Waals surface area contributed by atoms with Gasteiger partial charge >= 0.3 is 0 Å². The number of furan rings is 1. The molecule has 2 aliphatic rings. The highest BCUT2D eigenvalue weighted by atomic mass is 32.2. The number of nitrogens with two attached hydrogens (primary N) is 1. The average Bonchev–Trinajstić information content (AvgIpc) is 3.27. The second kappa shape index (κ2) is 7.14. The van der Waals surface area contributed by atoms with Crippen molar-refractivity contribution in [1.29, 1.82) is 0 Å². The summed E-state index contributed by atoms with van der Waals surface area (Å²) in [7, 11) is -8.80. The second-order valence-corrected chi connectivity index (χ2v) is 11.3. The Hall–Kier alpha value is -2.73. The molecular formula is C21H20N2O7S2. The van der Waals surface area contributed by atoms with E-state index in [4.69, 9.17) is 14.3 Å². The lowest BCUT2D eigenvalue weighted by Gasteiger charge is -2.43. The normalized spacial score (nSPS) is 23.0. The summed E-state index contributed by atoms with van der Waals surface area (Å²) in [6.45, 7) is 0.711. The molecule has 11 heteroatoms. The Balaban J connectivity index is 1.44. The van der Waals surface area contributed by atoms with Crippen molar-refractivity contribution in [2.24, 2.45) is 11.1 Å². The molecule has 1 aliphatic heterocycles. The molecule has 168 valence electrons. The fourth-order valence-electron chi connectivity index (χ4n) is 4.54. The van der Waals surface area contributed by atoms with Crippen LogP contribution in [0.2, 0.25) is 0 Å². The SMILES string of the molecule is NS(=O)(=O)c1ccccc1S(=O)(=O)NC(=O)c1ccc2oc(C34CCCC3CO4)cc2c1. The van der Waals surface area contributed by atoms with Crippen LogP contribution < -0.4 is 9.86 Å². The Morgan fingerprint density at radius 3 is 2.47 bits per heavy atom. The first-order valence-corrected chi connectivity index (χ1v) is 13.0. The summed E-state index contributed by atoms with van der Waals surface area (Å²) in [5.41, 5.74) is 0.244. The van der Waals surface area contributed by atoms with Gasteiger partial charge in [0.05, 0.1) is 6.61 Å². The van der Waals surface area contributed by atoms with Crippen LogP contribution in [0.4, 0.5) is 0 Å². The van der Waals surface area contributed by atoms with Crippen molar-refractivity contribution in [2.45, 2.75) is 34.7 Å². The van der Waals surface area contributed by atoms with Gasteiger partial charge in [-0.05, 0) is 55.7 Å². The number of hydrogen-bond acceptors (Lipinski definition) is 7. The van der Waals surface area contributed by atoms with Crippen molar-refractivity contribution in [3.05, 3.63) is 59.9 Å². The first kappa shape index (κ1) is 21.1. The third-order valence-corrected chi connectivity index (χ3v) is 8.66. The van der Waals surface area contributed by atoms with Gasteiger partial charge in [0.2, 0.25) is 10.0 Å². The van der Waals surface area contributed by atoms with Crippen LogP contribution in [-0.2, 0) is 30.4 Å². The average molecular weight is 477 g/mol. The number of nitrogens with one attached hydrogen (secondary N) is 1. The lowest BCUT2D eigenvalue weighted by atomic mass is 9.83. The van der Waals surface area contributed by atoms with E-state index in [0.29, 0.717) is 29.3 Å². The number of carbonyl (C=O) groups is 1. The van der Waals surface area contributed by atoms with E-state index in [1.165, 1.54) is 24.3 Å². The zero-order valence-electron chi connectivity index (χ0n) is 16.8. The molecule has 1 amide bonds. The molecule has 9 nitrogen and oxygen atoms in total. The lowest BCUT2D eigenvalue weighted by Crippen LogP contribution is -2.46. The summed E-state index contributed by atoms with van der Waals surface area (Å²) in [6.07, 6.45) is 3.03. The maximum atomic E-state index is 12.7. The maximum Gasteiger partial charge on any atom is 0.265 e. The Morgan fingerprint density at radius 1 is 1.06 bits per heavy atom. The van der Waals surface area contributed by atoms with Crippen molar-refractivity contribution < 1.29 is 30.8 Å². The van der Waals surface area contributed by atoms with Crippen LogP contribution in [0.5, 0.6) is 0 Å². The highest BCUT2D eigenvalue weighted by Crippen LogP contribution is 2.54. The van der Waals surface area contributed by atoms with Gasteiger partial charge in [-0.1, -0.05) is 12.1 Å². The molecule has 0 spiro atoms. The molecule has 1 saturated heterocycles. The Kier molecular flexibility index (Phi) is 4.71. The van der Waals surface area contributed by atoms with E-state index < -0.39 is 41.3 Å². The molecule has 3 aromatic rings. The van der Waals surface area contributed by atoms with Crippen LogP contribution >= 0.6 is 0 Å². The molecule has 3 N–H and O–H groups in total. The van der Waals surface area contributed by atoms with E-state index in [9.17, 15) is 21.6 Å². The van der Waals surface area contributed by atoms with E-state index in [2.05, 4.69) is 0 Å². The first-order chi connectivity index (χ1) is 15.1. The second-order valence-electron chi connectivity index (χ2n) is 8.08. The van der Waals surface area contributed by atoms with Gasteiger partial charge < -0.3 is 9.15 Å². The number of hydrogen-bond donors (Lipinski definition) is 2. The van der Waals surface area contributed by atoms with Gasteiger partial charge in [0.15, 0.2) is 0 Å². The molecule has 2 fully saturated rings. The van der Waals surface area contributed by atoms with E-state index in [0.717, 1.165) is 31.4 Å². The molecule has 0 bridgehead atoms. The standard InChI is InChI=1S/C21H20N2O7S2/c22-31(25,26)17-5-1-2-6-18(17)32(27,28)23-20(24)13-7-8-16-14(10-13)11-19(30-16)21-9-3-4-15(21)12-29-21/h1-2,5-8,10-11,15H,3-4,9,12H2,(H,23,24)(H2,22,25,26). The predicted molar refractivity (Wildman–Crippen MR) is 114 cm³/mol. The zero-order chi connectivity index (χ0) is 22.7. The number of primary sulfonamides is 1. The van der Waals surface area contributed by atoms with Crippen molar-refractivity contribution in [2.75, 3.05) is 6.61 Å². The molecular weight excluding hydrogens is 456 g/mol. The summed E-state index contributed by atoms with van der Waals surface area (Å²) >= 11 is 0. The third kappa shape index (κ3) is 3.32. The van der Waals surface area contributed by atoms with Crippen molar-refractivity contribution >= 4 is 36.9 Å². The summed E-state index contributed by atoms with van der Waals surface area (Å²) < 4.78 is 62.7. The fraction of sp³-hybridized carbons (Fsp3) is 0.286. The molecule has 0 radical (unpaired) electrons. The van der Waals surface area contributed by atoms with Crippen molar-refractivity contribution in [3.8, 4) is 0 Å². The molecule has 2 heterocycles. The number of rotatable bonds is 5. The summed E-state index contributed by atoms with van der Waals surface area (Å²) in [4.78, 5) is 11.5. The number of fused-ring (bicyclic) bond motifs is 2. The molecule has 2 unspecified atom stereocenters.